The molecule has 0 saturated carbocycles. The van der Waals surface area contributed by atoms with E-state index >= 15 is 0 Å². The third-order valence-electron chi connectivity index (χ3n) is 3.34. The molecule has 2 aromatic rings. The zero-order chi connectivity index (χ0) is 16.1. The van der Waals surface area contributed by atoms with Gasteiger partial charge in [0.1, 0.15) is 12.7 Å². The van der Waals surface area contributed by atoms with E-state index in [0.29, 0.717) is 13.2 Å². The summed E-state index contributed by atoms with van der Waals surface area (Å²) in [6.45, 7) is 1.89. The van der Waals surface area contributed by atoms with E-state index in [1.54, 1.807) is 18.4 Å². The molecule has 1 aliphatic rings. The highest BCUT2D eigenvalue weighted by Crippen LogP contribution is 2.30. The minimum atomic E-state index is -0.0423. The summed E-state index contributed by atoms with van der Waals surface area (Å²) in [6.07, 6.45) is -0.0423. The molecule has 1 aromatic heterocycles. The van der Waals surface area contributed by atoms with E-state index in [0.717, 1.165) is 28.5 Å². The number of benzene rings is 1. The molecule has 2 N–H and O–H groups in total. The van der Waals surface area contributed by atoms with Crippen LogP contribution in [0.15, 0.2) is 45.2 Å². The standard InChI is InChI=1S/C16H18BrN3O2S/c1-18-16(20-8-13-6-11(17)10-23-13)19-7-12-9-21-14-4-2-3-5-15(14)22-12/h2-6,10,12H,7-9H2,1H3,(H2,18,19,20). The summed E-state index contributed by atoms with van der Waals surface area (Å²) < 4.78 is 12.7. The minimum Gasteiger partial charge on any atom is -0.486 e. The van der Waals surface area contributed by atoms with Gasteiger partial charge in [0.05, 0.1) is 13.1 Å². The van der Waals surface area contributed by atoms with Crippen LogP contribution in [0.2, 0.25) is 0 Å². The van der Waals surface area contributed by atoms with Crippen molar-refractivity contribution in [1.29, 1.82) is 0 Å². The van der Waals surface area contributed by atoms with Crippen LogP contribution in [-0.2, 0) is 6.54 Å². The molecule has 0 radical (unpaired) electrons. The molecule has 0 amide bonds. The van der Waals surface area contributed by atoms with Gasteiger partial charge in [-0.25, -0.2) is 0 Å². The van der Waals surface area contributed by atoms with Gasteiger partial charge in [-0.3, -0.25) is 4.99 Å². The lowest BCUT2D eigenvalue weighted by Gasteiger charge is -2.27. The van der Waals surface area contributed by atoms with Gasteiger partial charge >= 0.3 is 0 Å². The Morgan fingerprint density at radius 1 is 1.35 bits per heavy atom. The minimum absolute atomic E-state index is 0.0423. The van der Waals surface area contributed by atoms with E-state index in [1.165, 1.54) is 4.88 Å². The van der Waals surface area contributed by atoms with Crippen LogP contribution in [-0.4, -0.2) is 32.3 Å². The van der Waals surface area contributed by atoms with Gasteiger partial charge in [-0.15, -0.1) is 11.3 Å². The maximum Gasteiger partial charge on any atom is 0.191 e. The summed E-state index contributed by atoms with van der Waals surface area (Å²) in [4.78, 5) is 5.47. The predicted molar refractivity (Wildman–Crippen MR) is 96.6 cm³/mol. The number of thiophene rings is 1. The van der Waals surface area contributed by atoms with Gasteiger partial charge in [0, 0.05) is 21.8 Å². The van der Waals surface area contributed by atoms with Crippen molar-refractivity contribution < 1.29 is 9.47 Å². The maximum absolute atomic E-state index is 5.92. The molecule has 122 valence electrons. The molecule has 1 unspecified atom stereocenters. The second-order valence-corrected chi connectivity index (χ2v) is 6.95. The van der Waals surface area contributed by atoms with Gasteiger partial charge in [0.25, 0.3) is 0 Å². The Balaban J connectivity index is 1.47. The molecule has 7 heteroatoms. The largest absolute Gasteiger partial charge is 0.486 e. The summed E-state index contributed by atoms with van der Waals surface area (Å²) in [5, 5.41) is 8.63. The van der Waals surface area contributed by atoms with Crippen molar-refractivity contribution in [2.75, 3.05) is 20.2 Å². The Morgan fingerprint density at radius 2 is 2.17 bits per heavy atom. The van der Waals surface area contributed by atoms with Crippen LogP contribution in [0.25, 0.3) is 0 Å². The van der Waals surface area contributed by atoms with Crippen molar-refractivity contribution >= 4 is 33.2 Å². The Morgan fingerprint density at radius 3 is 2.91 bits per heavy atom. The smallest absolute Gasteiger partial charge is 0.191 e. The first kappa shape index (κ1) is 16.1. The highest BCUT2D eigenvalue weighted by atomic mass is 79.9. The number of hydrogen-bond donors (Lipinski definition) is 2. The van der Waals surface area contributed by atoms with Crippen molar-refractivity contribution in [2.24, 2.45) is 4.99 Å². The monoisotopic (exact) mass is 395 g/mol. The molecule has 0 bridgehead atoms. The number of aliphatic imine (C=N–C) groups is 1. The van der Waals surface area contributed by atoms with E-state index in [1.807, 2.05) is 24.3 Å². The van der Waals surface area contributed by atoms with Crippen molar-refractivity contribution in [3.05, 3.63) is 45.1 Å². The molecule has 0 saturated heterocycles. The quantitative estimate of drug-likeness (QED) is 0.616. The van der Waals surface area contributed by atoms with Crippen LogP contribution in [0.1, 0.15) is 4.88 Å². The number of nitrogens with one attached hydrogen (secondary N) is 2. The van der Waals surface area contributed by atoms with Crippen molar-refractivity contribution in [2.45, 2.75) is 12.6 Å². The van der Waals surface area contributed by atoms with Gasteiger partial charge in [0.2, 0.25) is 0 Å². The first-order valence-electron chi connectivity index (χ1n) is 7.30. The van der Waals surface area contributed by atoms with Gasteiger partial charge in [-0.05, 0) is 34.1 Å². The fourth-order valence-corrected chi connectivity index (χ4v) is 3.60. The molecule has 0 spiro atoms. The molecule has 1 aromatic carbocycles. The highest BCUT2D eigenvalue weighted by molar-refractivity contribution is 9.10. The van der Waals surface area contributed by atoms with E-state index in [4.69, 9.17) is 9.47 Å². The van der Waals surface area contributed by atoms with Crippen LogP contribution >= 0.6 is 27.3 Å². The van der Waals surface area contributed by atoms with E-state index in [2.05, 4.69) is 43.0 Å². The molecule has 1 aliphatic heterocycles. The van der Waals surface area contributed by atoms with Crippen LogP contribution in [0.4, 0.5) is 0 Å². The van der Waals surface area contributed by atoms with Crippen LogP contribution in [0.3, 0.4) is 0 Å². The SMILES string of the molecule is CN=C(NCc1cc(Br)cs1)NCC1COc2ccccc2O1. The molecule has 3 rings (SSSR count). The number of hydrogen-bond acceptors (Lipinski definition) is 4. The Hall–Kier alpha value is -1.73. The number of guanidine groups is 1. The lowest BCUT2D eigenvalue weighted by molar-refractivity contribution is 0.0936. The topological polar surface area (TPSA) is 54.9 Å². The van der Waals surface area contributed by atoms with Crippen LogP contribution in [0, 0.1) is 0 Å². The number of para-hydroxylation sites is 2. The fourth-order valence-electron chi connectivity index (χ4n) is 2.21. The van der Waals surface area contributed by atoms with E-state index in [9.17, 15) is 0 Å². The van der Waals surface area contributed by atoms with Crippen molar-refractivity contribution in [3.8, 4) is 11.5 Å². The Labute approximate surface area is 147 Å². The summed E-state index contributed by atoms with van der Waals surface area (Å²) in [7, 11) is 1.76. The second kappa shape index (κ2) is 7.70. The summed E-state index contributed by atoms with van der Waals surface area (Å²) in [5.41, 5.74) is 0. The molecule has 2 heterocycles. The average Bonchev–Trinajstić information content (AvgIpc) is 3.00. The lowest BCUT2D eigenvalue weighted by atomic mass is 10.2. The second-order valence-electron chi connectivity index (χ2n) is 5.04. The molecule has 5 nitrogen and oxygen atoms in total. The van der Waals surface area contributed by atoms with Gasteiger partial charge < -0.3 is 20.1 Å². The fraction of sp³-hybridized carbons (Fsp3) is 0.312. The third kappa shape index (κ3) is 4.39. The number of rotatable bonds is 4. The molecule has 0 fully saturated rings. The molecular formula is C16H18BrN3O2S. The predicted octanol–water partition coefficient (Wildman–Crippen LogP) is 3.02. The van der Waals surface area contributed by atoms with Crippen molar-refractivity contribution in [1.82, 2.24) is 10.6 Å². The number of halogens is 1. The van der Waals surface area contributed by atoms with Gasteiger partial charge in [-0.1, -0.05) is 12.1 Å². The summed E-state index contributed by atoms with van der Waals surface area (Å²) >= 11 is 5.16. The zero-order valence-corrected chi connectivity index (χ0v) is 15.1. The van der Waals surface area contributed by atoms with Crippen LogP contribution < -0.4 is 20.1 Å². The number of fused-ring (bicyclic) bond motifs is 1. The molecule has 0 aliphatic carbocycles. The molecule has 1 atom stereocenters. The average molecular weight is 396 g/mol. The van der Waals surface area contributed by atoms with E-state index in [-0.39, 0.29) is 6.10 Å². The molecule has 23 heavy (non-hydrogen) atoms. The normalized spacial score (nSPS) is 17.0. The first-order chi connectivity index (χ1) is 11.2. The number of nitrogens with zero attached hydrogens (tertiary/aromatic N) is 1. The van der Waals surface area contributed by atoms with Crippen LogP contribution in [0.5, 0.6) is 11.5 Å². The lowest BCUT2D eigenvalue weighted by Crippen LogP contribution is -2.45. The maximum atomic E-state index is 5.92. The van der Waals surface area contributed by atoms with Gasteiger partial charge in [0.15, 0.2) is 17.5 Å². The Bertz CT molecular complexity index is 689. The van der Waals surface area contributed by atoms with E-state index < -0.39 is 0 Å². The summed E-state index contributed by atoms with van der Waals surface area (Å²) in [6, 6.07) is 9.81. The summed E-state index contributed by atoms with van der Waals surface area (Å²) in [5.74, 6) is 2.34. The van der Waals surface area contributed by atoms with Crippen molar-refractivity contribution in [3.63, 3.8) is 0 Å². The Kier molecular flexibility index (Phi) is 5.40. The zero-order valence-electron chi connectivity index (χ0n) is 12.7. The number of ether oxygens (including phenoxy) is 2. The van der Waals surface area contributed by atoms with Gasteiger partial charge in [-0.2, -0.15) is 0 Å². The first-order valence-corrected chi connectivity index (χ1v) is 8.98. The molecular weight excluding hydrogens is 378 g/mol. The highest BCUT2D eigenvalue weighted by Gasteiger charge is 2.20. The third-order valence-corrected chi connectivity index (χ3v) is 5.04.